The summed E-state index contributed by atoms with van der Waals surface area (Å²) in [5.74, 6) is 0.0909. The number of hydrogen-bond acceptors (Lipinski definition) is 2. The van der Waals surface area contributed by atoms with Crippen molar-refractivity contribution in [2.45, 2.75) is 25.7 Å². The van der Waals surface area contributed by atoms with Crippen molar-refractivity contribution in [1.82, 2.24) is 0 Å². The molecule has 1 rings (SSSR count). The molecule has 16 heavy (non-hydrogen) atoms. The van der Waals surface area contributed by atoms with Crippen molar-refractivity contribution >= 4 is 32.5 Å². The second kappa shape index (κ2) is 5.23. The fourth-order valence-corrected chi connectivity index (χ4v) is 3.21. The smallest absolute Gasteiger partial charge is 0.151 e. The Balaban J connectivity index is 2.82. The fraction of sp³-hybridized carbons (Fsp3) is 0.417. The van der Waals surface area contributed by atoms with Crippen molar-refractivity contribution in [3.63, 3.8) is 0 Å². The summed E-state index contributed by atoms with van der Waals surface area (Å²) >= 11 is 3.33. The molecule has 0 fully saturated rings. The van der Waals surface area contributed by atoms with Crippen LogP contribution in [0.15, 0.2) is 33.6 Å². The highest BCUT2D eigenvalue weighted by Crippen LogP contribution is 2.22. The number of hydrogen-bond donors (Lipinski definition) is 0. The van der Waals surface area contributed by atoms with Crippen molar-refractivity contribution in [3.05, 3.63) is 28.7 Å². The van der Waals surface area contributed by atoms with Gasteiger partial charge in [-0.1, -0.05) is 32.9 Å². The lowest BCUT2D eigenvalue weighted by molar-refractivity contribution is -0.123. The first-order valence-corrected chi connectivity index (χ1v) is 7.10. The Morgan fingerprint density at radius 2 is 1.88 bits per heavy atom. The maximum absolute atomic E-state index is 12.0. The Labute approximate surface area is 107 Å². The first-order valence-electron chi connectivity index (χ1n) is 4.98. The summed E-state index contributed by atoms with van der Waals surface area (Å²) in [4.78, 5) is 12.4. The molecule has 0 aliphatic heterocycles. The van der Waals surface area contributed by atoms with Gasteiger partial charge in [-0.2, -0.15) is 0 Å². The van der Waals surface area contributed by atoms with E-state index in [0.717, 1.165) is 4.47 Å². The predicted octanol–water partition coefficient (Wildman–Crippen LogP) is 3.17. The molecule has 0 amide bonds. The van der Waals surface area contributed by atoms with E-state index in [1.54, 1.807) is 6.07 Å². The van der Waals surface area contributed by atoms with E-state index >= 15 is 0 Å². The first-order chi connectivity index (χ1) is 7.32. The van der Waals surface area contributed by atoms with Gasteiger partial charge >= 0.3 is 0 Å². The average Bonchev–Trinajstić information content (AvgIpc) is 2.16. The molecule has 0 aliphatic rings. The molecule has 4 heteroatoms. The maximum atomic E-state index is 12.0. The Hall–Kier alpha value is -0.480. The number of rotatable bonds is 3. The molecular weight excluding hydrogens is 288 g/mol. The zero-order valence-corrected chi connectivity index (χ0v) is 12.0. The van der Waals surface area contributed by atoms with Gasteiger partial charge in [-0.3, -0.25) is 9.00 Å². The van der Waals surface area contributed by atoms with Gasteiger partial charge in [-0.25, -0.2) is 0 Å². The van der Waals surface area contributed by atoms with Gasteiger partial charge in [-0.15, -0.1) is 0 Å². The molecule has 1 aromatic carbocycles. The van der Waals surface area contributed by atoms with Crippen LogP contribution in [0, 0.1) is 5.41 Å². The van der Waals surface area contributed by atoms with Crippen molar-refractivity contribution in [2.24, 2.45) is 5.41 Å². The van der Waals surface area contributed by atoms with E-state index in [1.807, 2.05) is 39.0 Å². The minimum atomic E-state index is -1.27. The molecule has 0 heterocycles. The zero-order valence-electron chi connectivity index (χ0n) is 9.62. The Morgan fingerprint density at radius 3 is 2.38 bits per heavy atom. The van der Waals surface area contributed by atoms with Crippen molar-refractivity contribution in [1.29, 1.82) is 0 Å². The molecule has 1 unspecified atom stereocenters. The summed E-state index contributed by atoms with van der Waals surface area (Å²) in [6.45, 7) is 5.52. The number of benzene rings is 1. The minimum absolute atomic E-state index is 0.0154. The third kappa shape index (κ3) is 3.52. The van der Waals surface area contributed by atoms with Crippen LogP contribution in [0.2, 0.25) is 0 Å². The van der Waals surface area contributed by atoms with Crippen LogP contribution in [0.25, 0.3) is 0 Å². The maximum Gasteiger partial charge on any atom is 0.151 e. The summed E-state index contributed by atoms with van der Waals surface area (Å²) in [5, 5.41) is 0. The predicted molar refractivity (Wildman–Crippen MR) is 69.9 cm³/mol. The number of Topliss-reactive ketones (excluding diaryl/α,β-unsaturated/α-hetero) is 1. The van der Waals surface area contributed by atoms with Crippen molar-refractivity contribution < 1.29 is 9.00 Å². The van der Waals surface area contributed by atoms with Crippen molar-refractivity contribution in [3.8, 4) is 0 Å². The normalized spacial score (nSPS) is 13.5. The molecule has 0 saturated heterocycles. The lowest BCUT2D eigenvalue weighted by atomic mass is 9.92. The van der Waals surface area contributed by atoms with Crippen LogP contribution in [0.1, 0.15) is 20.8 Å². The lowest BCUT2D eigenvalue weighted by Gasteiger charge is -2.16. The molecule has 1 aromatic rings. The summed E-state index contributed by atoms with van der Waals surface area (Å²) in [6, 6.07) is 7.28. The van der Waals surface area contributed by atoms with Crippen LogP contribution in [-0.2, 0) is 15.6 Å². The average molecular weight is 303 g/mol. The van der Waals surface area contributed by atoms with E-state index in [4.69, 9.17) is 0 Å². The highest BCUT2D eigenvalue weighted by molar-refractivity contribution is 9.10. The summed E-state index contributed by atoms with van der Waals surface area (Å²) < 4.78 is 12.8. The quantitative estimate of drug-likeness (QED) is 0.859. The number of ketones is 1. The van der Waals surface area contributed by atoms with Crippen LogP contribution in [0.3, 0.4) is 0 Å². The molecule has 0 aliphatic carbocycles. The molecular formula is C12H15BrO2S. The summed E-state index contributed by atoms with van der Waals surface area (Å²) in [6.07, 6.45) is 0. The minimum Gasteiger partial charge on any atom is -0.298 e. The van der Waals surface area contributed by atoms with Gasteiger partial charge < -0.3 is 0 Å². The van der Waals surface area contributed by atoms with E-state index in [2.05, 4.69) is 15.9 Å². The molecule has 0 N–H and O–H groups in total. The largest absolute Gasteiger partial charge is 0.298 e. The molecule has 0 radical (unpaired) electrons. The molecule has 1 atom stereocenters. The van der Waals surface area contributed by atoms with Gasteiger partial charge in [0.05, 0.1) is 21.4 Å². The van der Waals surface area contributed by atoms with Gasteiger partial charge in [0.1, 0.15) is 0 Å². The standard InChI is InChI=1S/C12H15BrO2S/c1-12(2,3)11(14)8-16(15)10-7-5-4-6-9(10)13/h4-7H,8H2,1-3H3. The molecule has 0 bridgehead atoms. The van der Waals surface area contributed by atoms with E-state index in [0.29, 0.717) is 4.90 Å². The molecule has 88 valence electrons. The van der Waals surface area contributed by atoms with Gasteiger partial charge in [0.15, 0.2) is 5.78 Å². The second-order valence-electron chi connectivity index (χ2n) is 4.59. The van der Waals surface area contributed by atoms with E-state index in [9.17, 15) is 9.00 Å². The van der Waals surface area contributed by atoms with Crippen LogP contribution >= 0.6 is 15.9 Å². The zero-order chi connectivity index (χ0) is 12.3. The highest BCUT2D eigenvalue weighted by Gasteiger charge is 2.24. The van der Waals surface area contributed by atoms with E-state index in [-0.39, 0.29) is 11.5 Å². The summed E-state index contributed by atoms with van der Waals surface area (Å²) in [7, 11) is -1.27. The number of carbonyl (C=O) groups excluding carboxylic acids is 1. The van der Waals surface area contributed by atoms with Crippen LogP contribution in [0.4, 0.5) is 0 Å². The second-order valence-corrected chi connectivity index (χ2v) is 6.87. The topological polar surface area (TPSA) is 34.1 Å². The molecule has 0 saturated carbocycles. The number of halogens is 1. The third-order valence-corrected chi connectivity index (χ3v) is 4.51. The highest BCUT2D eigenvalue weighted by atomic mass is 79.9. The Bertz CT molecular complexity index is 421. The van der Waals surface area contributed by atoms with Gasteiger partial charge in [-0.05, 0) is 28.1 Å². The van der Waals surface area contributed by atoms with E-state index in [1.165, 1.54) is 0 Å². The summed E-state index contributed by atoms with van der Waals surface area (Å²) in [5.41, 5.74) is -0.434. The van der Waals surface area contributed by atoms with Gasteiger partial charge in [0, 0.05) is 9.89 Å². The van der Waals surface area contributed by atoms with Crippen molar-refractivity contribution in [2.75, 3.05) is 5.75 Å². The SMILES string of the molecule is CC(C)(C)C(=O)CS(=O)c1ccccc1Br. The number of carbonyl (C=O) groups is 1. The Morgan fingerprint density at radius 1 is 1.31 bits per heavy atom. The van der Waals surface area contributed by atoms with Crippen LogP contribution in [0.5, 0.6) is 0 Å². The Kier molecular flexibility index (Phi) is 4.44. The monoisotopic (exact) mass is 302 g/mol. The van der Waals surface area contributed by atoms with E-state index < -0.39 is 16.2 Å². The van der Waals surface area contributed by atoms with Crippen LogP contribution < -0.4 is 0 Å². The van der Waals surface area contributed by atoms with Crippen LogP contribution in [-0.4, -0.2) is 15.7 Å². The molecule has 0 aromatic heterocycles. The van der Waals surface area contributed by atoms with Gasteiger partial charge in [0.25, 0.3) is 0 Å². The molecule has 2 nitrogen and oxygen atoms in total. The van der Waals surface area contributed by atoms with Gasteiger partial charge in [0.2, 0.25) is 0 Å². The lowest BCUT2D eigenvalue weighted by Crippen LogP contribution is -2.25. The molecule has 0 spiro atoms. The first kappa shape index (κ1) is 13.6. The third-order valence-electron chi connectivity index (χ3n) is 2.18. The fourth-order valence-electron chi connectivity index (χ4n) is 1.04.